The van der Waals surface area contributed by atoms with Gasteiger partial charge in [0.15, 0.2) is 11.5 Å². The van der Waals surface area contributed by atoms with Gasteiger partial charge in [-0.3, -0.25) is 0 Å². The van der Waals surface area contributed by atoms with Gasteiger partial charge < -0.3 is 19.3 Å². The number of rotatable bonds is 4. The van der Waals surface area contributed by atoms with Crippen molar-refractivity contribution in [1.82, 2.24) is 0 Å². The van der Waals surface area contributed by atoms with E-state index >= 15 is 0 Å². The van der Waals surface area contributed by atoms with E-state index in [1.165, 1.54) is 0 Å². The molecule has 0 radical (unpaired) electrons. The average Bonchev–Trinajstić information content (AvgIpc) is 2.47. The second-order valence-electron chi connectivity index (χ2n) is 3.95. The molecule has 2 rings (SSSR count). The van der Waals surface area contributed by atoms with E-state index < -0.39 is 0 Å². The zero-order valence-electron chi connectivity index (χ0n) is 11.1. The molecule has 0 aliphatic heterocycles. The molecule has 100 valence electrons. The third kappa shape index (κ3) is 2.57. The summed E-state index contributed by atoms with van der Waals surface area (Å²) in [5, 5.41) is 9.95. The molecule has 0 spiro atoms. The fourth-order valence-corrected chi connectivity index (χ4v) is 1.88. The topological polar surface area (TPSA) is 47.9 Å². The third-order valence-electron chi connectivity index (χ3n) is 2.90. The van der Waals surface area contributed by atoms with Crippen LogP contribution in [0.25, 0.3) is 11.1 Å². The fourth-order valence-electron chi connectivity index (χ4n) is 1.88. The van der Waals surface area contributed by atoms with Crippen LogP contribution in [0.15, 0.2) is 36.4 Å². The third-order valence-corrected chi connectivity index (χ3v) is 2.90. The maximum Gasteiger partial charge on any atom is 0.161 e. The van der Waals surface area contributed by atoms with Gasteiger partial charge in [-0.25, -0.2) is 0 Å². The molecule has 0 saturated carbocycles. The maximum atomic E-state index is 9.95. The minimum atomic E-state index is 0.188. The molecule has 0 fully saturated rings. The van der Waals surface area contributed by atoms with Crippen molar-refractivity contribution in [2.75, 3.05) is 21.3 Å². The van der Waals surface area contributed by atoms with E-state index in [-0.39, 0.29) is 5.75 Å². The van der Waals surface area contributed by atoms with E-state index in [2.05, 4.69) is 0 Å². The Morgan fingerprint density at radius 3 is 2.16 bits per heavy atom. The molecule has 0 bridgehead atoms. The van der Waals surface area contributed by atoms with Gasteiger partial charge in [-0.2, -0.15) is 0 Å². The van der Waals surface area contributed by atoms with Crippen LogP contribution in [0.5, 0.6) is 23.0 Å². The second-order valence-corrected chi connectivity index (χ2v) is 3.95. The molecule has 2 aromatic carbocycles. The van der Waals surface area contributed by atoms with E-state index in [0.29, 0.717) is 22.8 Å². The summed E-state index contributed by atoms with van der Waals surface area (Å²) in [6.45, 7) is 0. The summed E-state index contributed by atoms with van der Waals surface area (Å²) in [6.07, 6.45) is 0. The lowest BCUT2D eigenvalue weighted by Gasteiger charge is -2.11. The summed E-state index contributed by atoms with van der Waals surface area (Å²) in [6, 6.07) is 10.6. The van der Waals surface area contributed by atoms with E-state index in [0.717, 1.165) is 5.56 Å². The molecule has 0 unspecified atom stereocenters. The first-order valence-electron chi connectivity index (χ1n) is 5.79. The molecule has 0 atom stereocenters. The van der Waals surface area contributed by atoms with Gasteiger partial charge in [0.2, 0.25) is 0 Å². The molecule has 0 aliphatic carbocycles. The van der Waals surface area contributed by atoms with Gasteiger partial charge in [0.25, 0.3) is 0 Å². The number of benzene rings is 2. The molecule has 0 amide bonds. The number of ether oxygens (including phenoxy) is 3. The lowest BCUT2D eigenvalue weighted by Crippen LogP contribution is -1.91. The Labute approximate surface area is 112 Å². The van der Waals surface area contributed by atoms with Gasteiger partial charge >= 0.3 is 0 Å². The molecule has 0 aromatic heterocycles. The first-order chi connectivity index (χ1) is 9.19. The Morgan fingerprint density at radius 2 is 1.53 bits per heavy atom. The van der Waals surface area contributed by atoms with Crippen molar-refractivity contribution in [3.8, 4) is 34.1 Å². The number of phenols is 1. The number of phenolic OH excluding ortho intramolecular Hbond substituents is 1. The van der Waals surface area contributed by atoms with Crippen molar-refractivity contribution in [2.24, 2.45) is 0 Å². The normalized spacial score (nSPS) is 10.1. The monoisotopic (exact) mass is 260 g/mol. The second kappa shape index (κ2) is 5.52. The molecule has 0 aliphatic rings. The molecule has 4 nitrogen and oxygen atoms in total. The minimum absolute atomic E-state index is 0.188. The van der Waals surface area contributed by atoms with Crippen LogP contribution < -0.4 is 14.2 Å². The predicted octanol–water partition coefficient (Wildman–Crippen LogP) is 3.09. The van der Waals surface area contributed by atoms with Crippen LogP contribution in [0.2, 0.25) is 0 Å². The number of methoxy groups -OCH3 is 3. The Kier molecular flexibility index (Phi) is 3.80. The lowest BCUT2D eigenvalue weighted by molar-refractivity contribution is 0.355. The van der Waals surface area contributed by atoms with Crippen molar-refractivity contribution < 1.29 is 19.3 Å². The summed E-state index contributed by atoms with van der Waals surface area (Å²) in [4.78, 5) is 0. The summed E-state index contributed by atoms with van der Waals surface area (Å²) in [7, 11) is 4.75. The first kappa shape index (κ1) is 13.1. The quantitative estimate of drug-likeness (QED) is 0.917. The van der Waals surface area contributed by atoms with Crippen molar-refractivity contribution >= 4 is 0 Å². The molecule has 1 N–H and O–H groups in total. The Morgan fingerprint density at radius 1 is 0.789 bits per heavy atom. The van der Waals surface area contributed by atoms with Crippen LogP contribution in [0.4, 0.5) is 0 Å². The first-order valence-corrected chi connectivity index (χ1v) is 5.79. The molecule has 0 saturated heterocycles. The predicted molar refractivity (Wildman–Crippen MR) is 73.2 cm³/mol. The van der Waals surface area contributed by atoms with Crippen molar-refractivity contribution in [2.45, 2.75) is 0 Å². The van der Waals surface area contributed by atoms with Gasteiger partial charge in [-0.05, 0) is 35.9 Å². The molecule has 19 heavy (non-hydrogen) atoms. The van der Waals surface area contributed by atoms with Crippen LogP contribution in [-0.4, -0.2) is 26.4 Å². The number of hydrogen-bond acceptors (Lipinski definition) is 4. The van der Waals surface area contributed by atoms with Crippen molar-refractivity contribution in [3.05, 3.63) is 36.4 Å². The van der Waals surface area contributed by atoms with Crippen molar-refractivity contribution in [3.63, 3.8) is 0 Å². The fraction of sp³-hybridized carbons (Fsp3) is 0.200. The summed E-state index contributed by atoms with van der Waals surface area (Å²) >= 11 is 0. The molecule has 2 aromatic rings. The lowest BCUT2D eigenvalue weighted by atomic mass is 10.0. The van der Waals surface area contributed by atoms with Crippen LogP contribution in [0.3, 0.4) is 0 Å². The highest BCUT2D eigenvalue weighted by Gasteiger charge is 2.10. The number of aromatic hydroxyl groups is 1. The zero-order valence-corrected chi connectivity index (χ0v) is 11.1. The average molecular weight is 260 g/mol. The van der Waals surface area contributed by atoms with E-state index in [4.69, 9.17) is 14.2 Å². The van der Waals surface area contributed by atoms with Crippen LogP contribution in [0.1, 0.15) is 0 Å². The van der Waals surface area contributed by atoms with Gasteiger partial charge in [0.1, 0.15) is 11.5 Å². The summed E-state index contributed by atoms with van der Waals surface area (Å²) in [5.41, 5.74) is 1.51. The van der Waals surface area contributed by atoms with Crippen LogP contribution in [-0.2, 0) is 0 Å². The minimum Gasteiger partial charge on any atom is -0.507 e. The molecular weight excluding hydrogens is 244 g/mol. The molecule has 4 heteroatoms. The summed E-state index contributed by atoms with van der Waals surface area (Å²) in [5.74, 6) is 2.13. The van der Waals surface area contributed by atoms with Gasteiger partial charge in [-0.1, -0.05) is 6.07 Å². The number of hydrogen-bond donors (Lipinski definition) is 1. The molecular formula is C15H16O4. The van der Waals surface area contributed by atoms with E-state index in [1.807, 2.05) is 12.1 Å². The smallest absolute Gasteiger partial charge is 0.161 e. The SMILES string of the molecule is COc1ccc(O)c(-c2ccc(OC)c(OC)c2)c1. The van der Waals surface area contributed by atoms with Crippen LogP contribution >= 0.6 is 0 Å². The maximum absolute atomic E-state index is 9.95. The highest BCUT2D eigenvalue weighted by atomic mass is 16.5. The van der Waals surface area contributed by atoms with Gasteiger partial charge in [-0.15, -0.1) is 0 Å². The largest absolute Gasteiger partial charge is 0.507 e. The highest BCUT2D eigenvalue weighted by Crippen LogP contribution is 2.37. The zero-order chi connectivity index (χ0) is 13.8. The van der Waals surface area contributed by atoms with Gasteiger partial charge in [0, 0.05) is 5.56 Å². The Hall–Kier alpha value is -2.36. The van der Waals surface area contributed by atoms with Gasteiger partial charge in [0.05, 0.1) is 21.3 Å². The van der Waals surface area contributed by atoms with E-state index in [9.17, 15) is 5.11 Å². The highest BCUT2D eigenvalue weighted by molar-refractivity contribution is 5.73. The Balaban J connectivity index is 2.52. The Bertz CT molecular complexity index is 578. The van der Waals surface area contributed by atoms with E-state index in [1.54, 1.807) is 45.6 Å². The van der Waals surface area contributed by atoms with Crippen molar-refractivity contribution in [1.29, 1.82) is 0 Å². The molecule has 0 heterocycles. The summed E-state index contributed by atoms with van der Waals surface area (Å²) < 4.78 is 15.6. The van der Waals surface area contributed by atoms with Crippen LogP contribution in [0, 0.1) is 0 Å². The standard InChI is InChI=1S/C15H16O4/c1-17-11-5-6-13(16)12(9-11)10-4-7-14(18-2)15(8-10)19-3/h4-9,16H,1-3H3.